The van der Waals surface area contributed by atoms with Crippen molar-refractivity contribution in [2.75, 3.05) is 0 Å². The predicted octanol–water partition coefficient (Wildman–Crippen LogP) is 3.07. The van der Waals surface area contributed by atoms with Gasteiger partial charge in [0.15, 0.2) is 0 Å². The van der Waals surface area contributed by atoms with E-state index in [0.29, 0.717) is 11.4 Å². The van der Waals surface area contributed by atoms with Crippen LogP contribution in [0.3, 0.4) is 0 Å². The van der Waals surface area contributed by atoms with Gasteiger partial charge in [0.25, 0.3) is 0 Å². The fraction of sp³-hybridized carbons (Fsp3) is 0.357. The molecule has 2 aromatic rings. The molecule has 1 atom stereocenters. The molecule has 0 radical (unpaired) electrons. The summed E-state index contributed by atoms with van der Waals surface area (Å²) >= 11 is 6.03. The van der Waals surface area contributed by atoms with Crippen LogP contribution in [0.4, 0.5) is 4.39 Å². The Bertz CT molecular complexity index is 607. The van der Waals surface area contributed by atoms with E-state index < -0.39 is 0 Å². The summed E-state index contributed by atoms with van der Waals surface area (Å²) < 4.78 is 14.8. The van der Waals surface area contributed by atoms with Gasteiger partial charge in [-0.3, -0.25) is 4.68 Å². The minimum atomic E-state index is -0.337. The standard InChI is InChI=1S/C14H17ClFN3/c1-8-14(9(2)19(3)18-8)13(17)6-10-4-5-11(16)7-12(10)15/h4-5,7,13H,6,17H2,1-3H3. The molecule has 0 saturated heterocycles. The number of nitrogens with zero attached hydrogens (tertiary/aromatic N) is 2. The highest BCUT2D eigenvalue weighted by molar-refractivity contribution is 6.31. The maximum atomic E-state index is 13.0. The topological polar surface area (TPSA) is 43.8 Å². The van der Waals surface area contributed by atoms with E-state index >= 15 is 0 Å². The number of rotatable bonds is 3. The fourth-order valence-corrected chi connectivity index (χ4v) is 2.60. The van der Waals surface area contributed by atoms with E-state index in [-0.39, 0.29) is 11.9 Å². The molecular weight excluding hydrogens is 265 g/mol. The van der Waals surface area contributed by atoms with Crippen molar-refractivity contribution < 1.29 is 4.39 Å². The van der Waals surface area contributed by atoms with E-state index in [0.717, 1.165) is 22.5 Å². The minimum Gasteiger partial charge on any atom is -0.324 e. The molecule has 1 unspecified atom stereocenters. The molecular formula is C14H17ClFN3. The highest BCUT2D eigenvalue weighted by atomic mass is 35.5. The fourth-order valence-electron chi connectivity index (χ4n) is 2.35. The Balaban J connectivity index is 2.28. The lowest BCUT2D eigenvalue weighted by atomic mass is 9.98. The summed E-state index contributed by atoms with van der Waals surface area (Å²) in [4.78, 5) is 0. The number of halogens is 2. The summed E-state index contributed by atoms with van der Waals surface area (Å²) in [5.41, 5.74) is 10.1. The van der Waals surface area contributed by atoms with Gasteiger partial charge < -0.3 is 5.73 Å². The summed E-state index contributed by atoms with van der Waals surface area (Å²) in [7, 11) is 1.89. The molecule has 19 heavy (non-hydrogen) atoms. The second kappa shape index (κ2) is 5.31. The Morgan fingerprint density at radius 2 is 2.11 bits per heavy atom. The summed E-state index contributed by atoms with van der Waals surface area (Å²) in [6.45, 7) is 3.93. The third-order valence-electron chi connectivity index (χ3n) is 3.39. The van der Waals surface area contributed by atoms with Gasteiger partial charge in [-0.2, -0.15) is 5.10 Å². The number of nitrogens with two attached hydrogens (primary N) is 1. The number of aromatic nitrogens is 2. The molecule has 3 nitrogen and oxygen atoms in total. The van der Waals surface area contributed by atoms with E-state index in [1.54, 1.807) is 6.07 Å². The largest absolute Gasteiger partial charge is 0.324 e. The molecule has 0 fully saturated rings. The van der Waals surface area contributed by atoms with Crippen molar-refractivity contribution in [1.82, 2.24) is 9.78 Å². The zero-order valence-electron chi connectivity index (χ0n) is 11.2. The highest BCUT2D eigenvalue weighted by Gasteiger charge is 2.18. The van der Waals surface area contributed by atoms with E-state index in [2.05, 4.69) is 5.10 Å². The van der Waals surface area contributed by atoms with Crippen LogP contribution in [0.15, 0.2) is 18.2 Å². The van der Waals surface area contributed by atoms with Crippen LogP contribution in [0.5, 0.6) is 0 Å². The average molecular weight is 282 g/mol. The molecule has 0 aliphatic carbocycles. The normalized spacial score (nSPS) is 12.7. The van der Waals surface area contributed by atoms with Crippen LogP contribution >= 0.6 is 11.6 Å². The molecule has 0 amide bonds. The Labute approximate surface area is 117 Å². The van der Waals surface area contributed by atoms with Crippen molar-refractivity contribution in [3.05, 3.63) is 51.6 Å². The first-order valence-electron chi connectivity index (χ1n) is 6.09. The van der Waals surface area contributed by atoms with Gasteiger partial charge in [0.1, 0.15) is 5.82 Å². The molecule has 2 rings (SSSR count). The quantitative estimate of drug-likeness (QED) is 0.940. The number of aryl methyl sites for hydroxylation is 2. The molecule has 0 aliphatic rings. The lowest BCUT2D eigenvalue weighted by molar-refractivity contribution is 0.625. The van der Waals surface area contributed by atoms with Crippen LogP contribution in [-0.4, -0.2) is 9.78 Å². The molecule has 0 aliphatic heterocycles. The molecule has 2 N–H and O–H groups in total. The monoisotopic (exact) mass is 281 g/mol. The Hall–Kier alpha value is -1.39. The minimum absolute atomic E-state index is 0.198. The average Bonchev–Trinajstić information content (AvgIpc) is 2.57. The van der Waals surface area contributed by atoms with Crippen LogP contribution in [0.25, 0.3) is 0 Å². The van der Waals surface area contributed by atoms with E-state index in [4.69, 9.17) is 17.3 Å². The maximum absolute atomic E-state index is 13.0. The highest BCUT2D eigenvalue weighted by Crippen LogP contribution is 2.26. The van der Waals surface area contributed by atoms with Crippen molar-refractivity contribution in [2.45, 2.75) is 26.3 Å². The zero-order valence-corrected chi connectivity index (χ0v) is 12.0. The first-order valence-corrected chi connectivity index (χ1v) is 6.47. The van der Waals surface area contributed by atoms with Crippen molar-refractivity contribution in [2.24, 2.45) is 12.8 Å². The predicted molar refractivity (Wildman–Crippen MR) is 74.7 cm³/mol. The lowest BCUT2D eigenvalue weighted by Gasteiger charge is -2.14. The molecule has 0 saturated carbocycles. The van der Waals surface area contributed by atoms with Gasteiger partial charge >= 0.3 is 0 Å². The Kier molecular flexibility index (Phi) is 3.92. The Morgan fingerprint density at radius 1 is 1.42 bits per heavy atom. The van der Waals surface area contributed by atoms with Gasteiger partial charge in [-0.05, 0) is 38.0 Å². The number of hydrogen-bond donors (Lipinski definition) is 1. The lowest BCUT2D eigenvalue weighted by Crippen LogP contribution is -2.15. The van der Waals surface area contributed by atoms with Crippen molar-refractivity contribution in [3.63, 3.8) is 0 Å². The maximum Gasteiger partial charge on any atom is 0.124 e. The SMILES string of the molecule is Cc1nn(C)c(C)c1C(N)Cc1ccc(F)cc1Cl. The van der Waals surface area contributed by atoms with Gasteiger partial charge in [-0.15, -0.1) is 0 Å². The second-order valence-corrected chi connectivity index (χ2v) is 5.16. The van der Waals surface area contributed by atoms with E-state index in [1.807, 2.05) is 25.6 Å². The number of hydrogen-bond acceptors (Lipinski definition) is 2. The summed E-state index contributed by atoms with van der Waals surface area (Å²) in [5.74, 6) is -0.337. The van der Waals surface area contributed by atoms with Crippen LogP contribution in [0.2, 0.25) is 5.02 Å². The van der Waals surface area contributed by atoms with Crippen molar-refractivity contribution >= 4 is 11.6 Å². The molecule has 5 heteroatoms. The van der Waals surface area contributed by atoms with E-state index in [1.165, 1.54) is 12.1 Å². The second-order valence-electron chi connectivity index (χ2n) is 4.75. The van der Waals surface area contributed by atoms with E-state index in [9.17, 15) is 4.39 Å². The summed E-state index contributed by atoms with van der Waals surface area (Å²) in [5, 5.41) is 4.77. The van der Waals surface area contributed by atoms with Crippen LogP contribution < -0.4 is 5.73 Å². The summed E-state index contributed by atoms with van der Waals surface area (Å²) in [6, 6.07) is 4.19. The first-order chi connectivity index (χ1) is 8.90. The molecule has 0 bridgehead atoms. The first kappa shape index (κ1) is 14.0. The number of benzene rings is 1. The molecule has 1 heterocycles. The van der Waals surface area contributed by atoms with Gasteiger partial charge in [-0.1, -0.05) is 17.7 Å². The smallest absolute Gasteiger partial charge is 0.124 e. The third kappa shape index (κ3) is 2.80. The third-order valence-corrected chi connectivity index (χ3v) is 3.74. The van der Waals surface area contributed by atoms with Crippen LogP contribution in [0, 0.1) is 19.7 Å². The van der Waals surface area contributed by atoms with Gasteiger partial charge in [-0.25, -0.2) is 4.39 Å². The van der Waals surface area contributed by atoms with Gasteiger partial charge in [0.05, 0.1) is 5.69 Å². The van der Waals surface area contributed by atoms with Crippen molar-refractivity contribution in [3.8, 4) is 0 Å². The van der Waals surface area contributed by atoms with Crippen LogP contribution in [0.1, 0.15) is 28.6 Å². The Morgan fingerprint density at radius 3 is 2.63 bits per heavy atom. The van der Waals surface area contributed by atoms with Gasteiger partial charge in [0, 0.05) is 29.4 Å². The van der Waals surface area contributed by atoms with Gasteiger partial charge in [0.2, 0.25) is 0 Å². The molecule has 0 spiro atoms. The van der Waals surface area contributed by atoms with Crippen molar-refractivity contribution in [1.29, 1.82) is 0 Å². The zero-order chi connectivity index (χ0) is 14.2. The van der Waals surface area contributed by atoms with Crippen LogP contribution in [-0.2, 0) is 13.5 Å². The molecule has 1 aromatic carbocycles. The summed E-state index contributed by atoms with van der Waals surface area (Å²) in [6.07, 6.45) is 0.562. The molecule has 1 aromatic heterocycles. The molecule has 102 valence electrons.